The zero-order valence-corrected chi connectivity index (χ0v) is 10.9. The van der Waals surface area contributed by atoms with E-state index < -0.39 is 0 Å². The molecule has 0 amide bonds. The van der Waals surface area contributed by atoms with Gasteiger partial charge in [-0.1, -0.05) is 18.2 Å². The van der Waals surface area contributed by atoms with Crippen molar-refractivity contribution in [3.05, 3.63) is 42.0 Å². The van der Waals surface area contributed by atoms with Gasteiger partial charge < -0.3 is 15.9 Å². The molecule has 3 nitrogen and oxygen atoms in total. The zero-order valence-electron chi connectivity index (χ0n) is 10.0. The molecule has 0 aromatic heterocycles. The van der Waals surface area contributed by atoms with Crippen molar-refractivity contribution in [2.24, 2.45) is 5.73 Å². The summed E-state index contributed by atoms with van der Waals surface area (Å²) in [4.78, 5) is 0. The highest BCUT2D eigenvalue weighted by Gasteiger charge is 2.06. The average Bonchev–Trinajstić information content (AvgIpc) is 2.35. The number of hydrogen-bond donors (Lipinski definition) is 3. The number of aliphatic hydroxyl groups is 1. The number of nitrogens with two attached hydrogens (primary N) is 1. The van der Waals surface area contributed by atoms with Gasteiger partial charge in [0, 0.05) is 12.6 Å². The van der Waals surface area contributed by atoms with Crippen LogP contribution in [0.15, 0.2) is 36.4 Å². The van der Waals surface area contributed by atoms with Gasteiger partial charge in [-0.2, -0.15) is 0 Å². The molecule has 4 heteroatoms. The zero-order chi connectivity index (χ0) is 12.3. The van der Waals surface area contributed by atoms with Gasteiger partial charge in [0.25, 0.3) is 0 Å². The van der Waals surface area contributed by atoms with E-state index in [0.29, 0.717) is 0 Å². The second-order valence-electron chi connectivity index (χ2n) is 4.26. The highest BCUT2D eigenvalue weighted by molar-refractivity contribution is 5.85. The summed E-state index contributed by atoms with van der Waals surface area (Å²) in [5, 5.41) is 20.2. The van der Waals surface area contributed by atoms with E-state index >= 15 is 0 Å². The summed E-state index contributed by atoms with van der Waals surface area (Å²) >= 11 is 0. The summed E-state index contributed by atoms with van der Waals surface area (Å²) in [5.74, 6) is 0.273. The molecule has 98 valence electrons. The van der Waals surface area contributed by atoms with E-state index in [-0.39, 0.29) is 30.8 Å². The van der Waals surface area contributed by atoms with Crippen LogP contribution in [0.3, 0.4) is 0 Å². The predicted molar refractivity (Wildman–Crippen MR) is 76.1 cm³/mol. The monoisotopic (exact) mass is 267 g/mol. The topological polar surface area (TPSA) is 66.5 Å². The van der Waals surface area contributed by atoms with Crippen LogP contribution in [0.25, 0.3) is 10.8 Å². The van der Waals surface area contributed by atoms with E-state index in [1.165, 1.54) is 0 Å². The van der Waals surface area contributed by atoms with E-state index in [0.717, 1.165) is 29.2 Å². The SMILES string of the molecule is Cl.N[C@@H](CCCO)c1ccc2cc(O)ccc2c1. The van der Waals surface area contributed by atoms with Gasteiger partial charge >= 0.3 is 0 Å². The van der Waals surface area contributed by atoms with Crippen LogP contribution in [0.4, 0.5) is 0 Å². The number of phenolic OH excluding ortho intramolecular Hbond substituents is 1. The summed E-state index contributed by atoms with van der Waals surface area (Å²) in [6.45, 7) is 0.176. The maximum atomic E-state index is 9.37. The van der Waals surface area contributed by atoms with Crippen LogP contribution >= 0.6 is 12.4 Å². The maximum Gasteiger partial charge on any atom is 0.116 e. The molecule has 2 aromatic carbocycles. The van der Waals surface area contributed by atoms with E-state index in [2.05, 4.69) is 0 Å². The lowest BCUT2D eigenvalue weighted by molar-refractivity contribution is 0.280. The largest absolute Gasteiger partial charge is 0.508 e. The summed E-state index contributed by atoms with van der Waals surface area (Å²) in [5.41, 5.74) is 7.11. The minimum Gasteiger partial charge on any atom is -0.508 e. The first kappa shape index (κ1) is 14.8. The lowest BCUT2D eigenvalue weighted by Gasteiger charge is -2.12. The van der Waals surface area contributed by atoms with Gasteiger partial charge in [-0.25, -0.2) is 0 Å². The highest BCUT2D eigenvalue weighted by atomic mass is 35.5. The van der Waals surface area contributed by atoms with Gasteiger partial charge in [-0.3, -0.25) is 0 Å². The fourth-order valence-corrected chi connectivity index (χ4v) is 1.96. The van der Waals surface area contributed by atoms with E-state index in [9.17, 15) is 5.11 Å². The average molecular weight is 268 g/mol. The van der Waals surface area contributed by atoms with Crippen molar-refractivity contribution < 1.29 is 10.2 Å². The van der Waals surface area contributed by atoms with E-state index in [4.69, 9.17) is 10.8 Å². The van der Waals surface area contributed by atoms with Crippen LogP contribution in [0, 0.1) is 0 Å². The number of fused-ring (bicyclic) bond motifs is 1. The molecule has 2 rings (SSSR count). The van der Waals surface area contributed by atoms with E-state index in [1.54, 1.807) is 12.1 Å². The van der Waals surface area contributed by atoms with Gasteiger partial charge in [0.05, 0.1) is 0 Å². The molecule has 0 saturated heterocycles. The standard InChI is InChI=1S/C14H17NO2.ClH/c15-14(2-1-7-16)12-4-3-11-9-13(17)6-5-10(11)8-12;/h3-6,8-9,14,16-17H,1-2,7,15H2;1H/t14-;/m0./s1. The fraction of sp³-hybridized carbons (Fsp3) is 0.286. The second-order valence-corrected chi connectivity index (χ2v) is 4.26. The number of rotatable bonds is 4. The van der Waals surface area contributed by atoms with Crippen molar-refractivity contribution in [3.8, 4) is 5.75 Å². The molecule has 0 spiro atoms. The third-order valence-electron chi connectivity index (χ3n) is 2.95. The highest BCUT2D eigenvalue weighted by Crippen LogP contribution is 2.24. The minimum atomic E-state index is -0.0413. The quantitative estimate of drug-likeness (QED) is 0.798. The predicted octanol–water partition coefficient (Wildman–Crippen LogP) is 2.74. The normalized spacial score (nSPS) is 12.1. The second kappa shape index (κ2) is 6.59. The summed E-state index contributed by atoms with van der Waals surface area (Å²) < 4.78 is 0. The van der Waals surface area contributed by atoms with Gasteiger partial charge in [0.1, 0.15) is 5.75 Å². The van der Waals surface area contributed by atoms with Crippen molar-refractivity contribution in [2.45, 2.75) is 18.9 Å². The molecule has 2 aromatic rings. The van der Waals surface area contributed by atoms with Crippen molar-refractivity contribution in [1.29, 1.82) is 0 Å². The Labute approximate surface area is 113 Å². The van der Waals surface area contributed by atoms with Gasteiger partial charge in [-0.05, 0) is 47.4 Å². The van der Waals surface area contributed by atoms with Crippen LogP contribution < -0.4 is 5.73 Å². The smallest absolute Gasteiger partial charge is 0.116 e. The summed E-state index contributed by atoms with van der Waals surface area (Å²) in [7, 11) is 0. The molecule has 0 heterocycles. The van der Waals surface area contributed by atoms with Crippen molar-refractivity contribution in [2.75, 3.05) is 6.61 Å². The molecule has 0 aliphatic rings. The van der Waals surface area contributed by atoms with Crippen LogP contribution in [-0.2, 0) is 0 Å². The molecule has 18 heavy (non-hydrogen) atoms. The molecular weight excluding hydrogens is 250 g/mol. The number of benzene rings is 2. The van der Waals surface area contributed by atoms with Gasteiger partial charge in [0.2, 0.25) is 0 Å². The third kappa shape index (κ3) is 3.35. The minimum absolute atomic E-state index is 0. The van der Waals surface area contributed by atoms with Crippen LogP contribution in [0.1, 0.15) is 24.4 Å². The first-order valence-corrected chi connectivity index (χ1v) is 5.80. The molecule has 0 aliphatic heterocycles. The summed E-state index contributed by atoms with van der Waals surface area (Å²) in [6.07, 6.45) is 1.49. The Balaban J connectivity index is 0.00000162. The Hall–Kier alpha value is -1.29. The Morgan fingerprint density at radius 1 is 1.06 bits per heavy atom. The Kier molecular flexibility index (Phi) is 5.41. The number of aromatic hydroxyl groups is 1. The molecule has 0 unspecified atom stereocenters. The van der Waals surface area contributed by atoms with Gasteiger partial charge in [-0.15, -0.1) is 12.4 Å². The maximum absolute atomic E-state index is 9.37. The Bertz CT molecular complexity index is 516. The van der Waals surface area contributed by atoms with Gasteiger partial charge in [0.15, 0.2) is 0 Å². The van der Waals surface area contributed by atoms with Crippen LogP contribution in [-0.4, -0.2) is 16.8 Å². The van der Waals surface area contributed by atoms with E-state index in [1.807, 2.05) is 24.3 Å². The number of halogens is 1. The fourth-order valence-electron chi connectivity index (χ4n) is 1.96. The molecule has 4 N–H and O–H groups in total. The number of aliphatic hydroxyl groups excluding tert-OH is 1. The van der Waals surface area contributed by atoms with Crippen molar-refractivity contribution >= 4 is 23.2 Å². The van der Waals surface area contributed by atoms with Crippen molar-refractivity contribution in [3.63, 3.8) is 0 Å². The Morgan fingerprint density at radius 3 is 2.44 bits per heavy atom. The molecule has 0 bridgehead atoms. The van der Waals surface area contributed by atoms with Crippen LogP contribution in [0.5, 0.6) is 5.75 Å². The number of hydrogen-bond acceptors (Lipinski definition) is 3. The lowest BCUT2D eigenvalue weighted by atomic mass is 9.99. The first-order chi connectivity index (χ1) is 8.20. The third-order valence-corrected chi connectivity index (χ3v) is 2.95. The first-order valence-electron chi connectivity index (χ1n) is 5.80. The Morgan fingerprint density at radius 2 is 1.72 bits per heavy atom. The molecular formula is C14H18ClNO2. The molecule has 0 radical (unpaired) electrons. The molecule has 0 saturated carbocycles. The molecule has 0 fully saturated rings. The summed E-state index contributed by atoms with van der Waals surface area (Å²) in [6, 6.07) is 11.2. The molecule has 0 aliphatic carbocycles. The molecule has 1 atom stereocenters. The number of phenols is 1. The van der Waals surface area contributed by atoms with Crippen LogP contribution in [0.2, 0.25) is 0 Å². The van der Waals surface area contributed by atoms with Crippen molar-refractivity contribution in [1.82, 2.24) is 0 Å². The lowest BCUT2D eigenvalue weighted by Crippen LogP contribution is -2.10.